The highest BCUT2D eigenvalue weighted by atomic mass is 79.9. The van der Waals surface area contributed by atoms with E-state index in [1.54, 1.807) is 11.3 Å². The molecule has 0 bridgehead atoms. The van der Waals surface area contributed by atoms with Gasteiger partial charge < -0.3 is 4.74 Å². The van der Waals surface area contributed by atoms with Gasteiger partial charge in [0.05, 0.1) is 17.3 Å². The van der Waals surface area contributed by atoms with Crippen molar-refractivity contribution in [1.82, 2.24) is 0 Å². The lowest BCUT2D eigenvalue weighted by molar-refractivity contribution is -0.141. The molecule has 0 atom stereocenters. The van der Waals surface area contributed by atoms with Crippen molar-refractivity contribution >= 4 is 45.0 Å². The Morgan fingerprint density at radius 3 is 2.94 bits per heavy atom. The smallest absolute Gasteiger partial charge is 0.306 e. The van der Waals surface area contributed by atoms with Gasteiger partial charge in [0.2, 0.25) is 0 Å². The number of ether oxygens (including phenoxy) is 1. The minimum atomic E-state index is -0.0682. The molecule has 1 aliphatic carbocycles. The zero-order chi connectivity index (χ0) is 12.3. The highest BCUT2D eigenvalue weighted by molar-refractivity contribution is 9.11. The molecule has 0 unspecified atom stereocenters. The molecule has 1 aromatic heterocycles. The first kappa shape index (κ1) is 13.4. The molecule has 0 aliphatic heterocycles. The molecule has 5 heteroatoms. The van der Waals surface area contributed by atoms with Gasteiger partial charge in [-0.2, -0.15) is 11.8 Å². The fourth-order valence-electron chi connectivity index (χ4n) is 1.73. The average molecular weight is 335 g/mol. The minimum absolute atomic E-state index is 0.0682. The van der Waals surface area contributed by atoms with Gasteiger partial charge in [0.1, 0.15) is 0 Å². The minimum Gasteiger partial charge on any atom is -0.469 e. The Hall–Kier alpha value is -0.000000000000000111. The van der Waals surface area contributed by atoms with Crippen LogP contribution in [0.3, 0.4) is 0 Å². The molecule has 2 nitrogen and oxygen atoms in total. The summed E-state index contributed by atoms with van der Waals surface area (Å²) in [6.45, 7) is 0. The second kappa shape index (κ2) is 5.76. The van der Waals surface area contributed by atoms with Crippen LogP contribution in [0.15, 0.2) is 15.2 Å². The van der Waals surface area contributed by atoms with E-state index in [0.29, 0.717) is 6.42 Å². The van der Waals surface area contributed by atoms with E-state index in [0.717, 1.165) is 11.5 Å². The summed E-state index contributed by atoms with van der Waals surface area (Å²) in [6.07, 6.45) is 2.93. The number of thiophene rings is 1. The number of halogens is 1. The van der Waals surface area contributed by atoms with Gasteiger partial charge in [0.25, 0.3) is 0 Å². The Labute approximate surface area is 118 Å². The maximum atomic E-state index is 11.3. The van der Waals surface area contributed by atoms with Gasteiger partial charge >= 0.3 is 5.97 Å². The summed E-state index contributed by atoms with van der Waals surface area (Å²) in [7, 11) is 1.47. The molecule has 0 N–H and O–H groups in total. The van der Waals surface area contributed by atoms with E-state index < -0.39 is 0 Å². The quantitative estimate of drug-likeness (QED) is 0.733. The van der Waals surface area contributed by atoms with Crippen molar-refractivity contribution in [2.45, 2.75) is 25.0 Å². The standard InChI is InChI=1S/C12H15BrO2S2/c1-15-11(14)5-12(2-3-12)8-16-6-9-4-10(13)17-7-9/h4,7H,2-3,5-6,8H2,1H3. The first-order chi connectivity index (χ1) is 8.13. The number of hydrogen-bond acceptors (Lipinski definition) is 4. The number of hydrogen-bond donors (Lipinski definition) is 0. The first-order valence-corrected chi connectivity index (χ1v) is 8.34. The van der Waals surface area contributed by atoms with Gasteiger partial charge in [0.15, 0.2) is 0 Å². The molecule has 1 fully saturated rings. The zero-order valence-corrected chi connectivity index (χ0v) is 12.9. The summed E-state index contributed by atoms with van der Waals surface area (Å²) in [6, 6.07) is 2.16. The van der Waals surface area contributed by atoms with Crippen molar-refractivity contribution < 1.29 is 9.53 Å². The Morgan fingerprint density at radius 1 is 1.65 bits per heavy atom. The third kappa shape index (κ3) is 4.00. The molecule has 2 rings (SSSR count). The molecule has 0 aromatic carbocycles. The third-order valence-corrected chi connectivity index (χ3v) is 5.91. The second-order valence-electron chi connectivity index (χ2n) is 4.50. The molecule has 17 heavy (non-hydrogen) atoms. The number of carbonyl (C=O) groups is 1. The summed E-state index contributed by atoms with van der Waals surface area (Å²) < 4.78 is 5.93. The van der Waals surface area contributed by atoms with Crippen molar-refractivity contribution in [3.05, 3.63) is 20.8 Å². The SMILES string of the molecule is COC(=O)CC1(CSCc2csc(Br)c2)CC1. The van der Waals surface area contributed by atoms with Crippen LogP contribution in [0.2, 0.25) is 0 Å². The fraction of sp³-hybridized carbons (Fsp3) is 0.583. The zero-order valence-electron chi connectivity index (χ0n) is 9.70. The predicted octanol–water partition coefficient (Wildman–Crippen LogP) is 4.09. The molecule has 1 aromatic rings. The van der Waals surface area contributed by atoms with Crippen molar-refractivity contribution in [3.8, 4) is 0 Å². The summed E-state index contributed by atoms with van der Waals surface area (Å²) in [4.78, 5) is 11.3. The summed E-state index contributed by atoms with van der Waals surface area (Å²) in [5, 5.41) is 2.18. The van der Waals surface area contributed by atoms with E-state index in [2.05, 4.69) is 27.4 Å². The van der Waals surface area contributed by atoms with E-state index in [1.807, 2.05) is 11.8 Å². The van der Waals surface area contributed by atoms with Crippen LogP contribution < -0.4 is 0 Å². The third-order valence-electron chi connectivity index (χ3n) is 3.00. The van der Waals surface area contributed by atoms with Crippen LogP contribution in [0.4, 0.5) is 0 Å². The Morgan fingerprint density at radius 2 is 2.41 bits per heavy atom. The van der Waals surface area contributed by atoms with Gasteiger partial charge in [-0.15, -0.1) is 11.3 Å². The highest BCUT2D eigenvalue weighted by Crippen LogP contribution is 2.51. The number of thioether (sulfide) groups is 1. The van der Waals surface area contributed by atoms with E-state index in [-0.39, 0.29) is 11.4 Å². The van der Waals surface area contributed by atoms with Crippen LogP contribution in [0.5, 0.6) is 0 Å². The van der Waals surface area contributed by atoms with Gasteiger partial charge in [-0.05, 0) is 56.9 Å². The topological polar surface area (TPSA) is 26.3 Å². The fourth-order valence-corrected chi connectivity index (χ4v) is 4.38. The van der Waals surface area contributed by atoms with Gasteiger partial charge in [0, 0.05) is 5.75 Å². The lowest BCUT2D eigenvalue weighted by Gasteiger charge is -2.12. The normalized spacial score (nSPS) is 16.8. The van der Waals surface area contributed by atoms with Crippen molar-refractivity contribution in [2.75, 3.05) is 12.9 Å². The molecule has 0 saturated heterocycles. The summed E-state index contributed by atoms with van der Waals surface area (Å²) >= 11 is 7.11. The number of esters is 1. The Kier molecular flexibility index (Phi) is 4.55. The largest absolute Gasteiger partial charge is 0.469 e. The van der Waals surface area contributed by atoms with Crippen molar-refractivity contribution in [1.29, 1.82) is 0 Å². The molecule has 1 aliphatic rings. The Balaban J connectivity index is 1.73. The van der Waals surface area contributed by atoms with Crippen LogP contribution in [-0.4, -0.2) is 18.8 Å². The van der Waals surface area contributed by atoms with Gasteiger partial charge in [-0.25, -0.2) is 0 Å². The monoisotopic (exact) mass is 334 g/mol. The number of methoxy groups -OCH3 is 1. The molecule has 0 spiro atoms. The summed E-state index contributed by atoms with van der Waals surface area (Å²) in [5.74, 6) is 2.03. The predicted molar refractivity (Wildman–Crippen MR) is 76.5 cm³/mol. The second-order valence-corrected chi connectivity index (χ2v) is 7.78. The van der Waals surface area contributed by atoms with Gasteiger partial charge in [-0.3, -0.25) is 4.79 Å². The van der Waals surface area contributed by atoms with Crippen LogP contribution in [-0.2, 0) is 15.3 Å². The van der Waals surface area contributed by atoms with Crippen LogP contribution in [0, 0.1) is 5.41 Å². The van der Waals surface area contributed by atoms with Crippen LogP contribution >= 0.6 is 39.0 Å². The molecular weight excluding hydrogens is 320 g/mol. The molecular formula is C12H15BrO2S2. The maximum Gasteiger partial charge on any atom is 0.306 e. The lowest BCUT2D eigenvalue weighted by atomic mass is 10.1. The summed E-state index contributed by atoms with van der Waals surface area (Å²) in [5.41, 5.74) is 1.60. The highest BCUT2D eigenvalue weighted by Gasteiger charge is 2.44. The van der Waals surface area contributed by atoms with Crippen LogP contribution in [0.25, 0.3) is 0 Å². The first-order valence-electron chi connectivity index (χ1n) is 5.51. The molecule has 1 saturated carbocycles. The Bertz CT molecular complexity index is 399. The van der Waals surface area contributed by atoms with E-state index in [9.17, 15) is 4.79 Å². The average Bonchev–Trinajstić information content (AvgIpc) is 2.93. The van der Waals surface area contributed by atoms with Crippen LogP contribution in [0.1, 0.15) is 24.8 Å². The lowest BCUT2D eigenvalue weighted by Crippen LogP contribution is -2.13. The van der Waals surface area contributed by atoms with Crippen molar-refractivity contribution in [2.24, 2.45) is 5.41 Å². The van der Waals surface area contributed by atoms with Gasteiger partial charge in [-0.1, -0.05) is 0 Å². The van der Waals surface area contributed by atoms with Crippen molar-refractivity contribution in [3.63, 3.8) is 0 Å². The molecule has 94 valence electrons. The molecule has 1 heterocycles. The van der Waals surface area contributed by atoms with E-state index in [4.69, 9.17) is 4.74 Å². The molecule has 0 amide bonds. The number of carbonyl (C=O) groups excluding carboxylic acids is 1. The van der Waals surface area contributed by atoms with E-state index >= 15 is 0 Å². The maximum absolute atomic E-state index is 11.3. The van der Waals surface area contributed by atoms with E-state index in [1.165, 1.54) is 29.3 Å². The number of rotatable bonds is 6. The molecule has 0 radical (unpaired) electrons.